The number of carbonyl (C=O) groups excluding carboxylic acids is 1. The third-order valence-electron chi connectivity index (χ3n) is 5.23. The van der Waals surface area contributed by atoms with Crippen LogP contribution in [-0.2, 0) is 11.0 Å². The van der Waals surface area contributed by atoms with E-state index in [-0.39, 0.29) is 34.4 Å². The lowest BCUT2D eigenvalue weighted by Crippen LogP contribution is -2.18. The number of alkyl halides is 3. The van der Waals surface area contributed by atoms with E-state index in [9.17, 15) is 31.9 Å². The minimum absolute atomic E-state index is 0.0294. The quantitative estimate of drug-likeness (QED) is 0.374. The molecule has 0 radical (unpaired) electrons. The largest absolute Gasteiger partial charge is 0.479 e. The van der Waals surface area contributed by atoms with Gasteiger partial charge in [0.15, 0.2) is 18.1 Å². The number of H-pyrrole nitrogens is 1. The van der Waals surface area contributed by atoms with Gasteiger partial charge in [-0.1, -0.05) is 0 Å². The van der Waals surface area contributed by atoms with Crippen molar-refractivity contribution in [3.05, 3.63) is 81.5 Å². The number of nitrogens with one attached hydrogen (secondary N) is 2. The van der Waals surface area contributed by atoms with Gasteiger partial charge in [-0.15, -0.1) is 0 Å². The van der Waals surface area contributed by atoms with Gasteiger partial charge >= 0.3 is 12.1 Å². The molecule has 0 aliphatic heterocycles. The fraction of sp³-hybridized carbons (Fsp3) is 0.208. The van der Waals surface area contributed by atoms with Crippen LogP contribution in [0.2, 0.25) is 0 Å². The fourth-order valence-corrected chi connectivity index (χ4v) is 3.49. The standard InChI is InChI=1S/C24H18F4N2O6/c25-13-3-4-18(20(7-13)35-11-22(32)33)36-19-10-15(12-1-2-12)17(24(26,27)28)9-16(19)23(34)30-14-5-6-29-21(31)8-14/h3-10,12H,1-2,11H2,(H,32,33)(H2,29,30,31,34). The first-order chi connectivity index (χ1) is 17.0. The van der Waals surface area contributed by atoms with Gasteiger partial charge in [-0.25, -0.2) is 9.18 Å². The van der Waals surface area contributed by atoms with Crippen molar-refractivity contribution in [2.45, 2.75) is 24.9 Å². The summed E-state index contributed by atoms with van der Waals surface area (Å²) in [7, 11) is 0. The summed E-state index contributed by atoms with van der Waals surface area (Å²) in [5.41, 5.74) is -2.10. The number of aliphatic carboxylic acids is 1. The molecule has 3 aromatic rings. The molecule has 1 amide bonds. The van der Waals surface area contributed by atoms with Crippen LogP contribution in [0.25, 0.3) is 0 Å². The highest BCUT2D eigenvalue weighted by molar-refractivity contribution is 6.06. The SMILES string of the molecule is O=C(O)COc1cc(F)ccc1Oc1cc(C2CC2)c(C(F)(F)F)cc1C(=O)Nc1cc[nH]c(=O)c1. The van der Waals surface area contributed by atoms with Crippen LogP contribution >= 0.6 is 0 Å². The summed E-state index contributed by atoms with van der Waals surface area (Å²) in [6.07, 6.45) is -2.48. The topological polar surface area (TPSA) is 118 Å². The molecule has 0 spiro atoms. The number of ether oxygens (including phenoxy) is 2. The lowest BCUT2D eigenvalue weighted by Gasteiger charge is -2.19. The number of rotatable bonds is 8. The Morgan fingerprint density at radius 1 is 1.06 bits per heavy atom. The second-order valence-corrected chi connectivity index (χ2v) is 7.98. The minimum Gasteiger partial charge on any atom is -0.479 e. The monoisotopic (exact) mass is 506 g/mol. The van der Waals surface area contributed by atoms with Gasteiger partial charge in [0.1, 0.15) is 11.6 Å². The number of aromatic amines is 1. The summed E-state index contributed by atoms with van der Waals surface area (Å²) in [5, 5.41) is 11.2. The zero-order valence-electron chi connectivity index (χ0n) is 18.3. The fourth-order valence-electron chi connectivity index (χ4n) is 3.49. The second kappa shape index (κ2) is 9.72. The minimum atomic E-state index is -4.76. The summed E-state index contributed by atoms with van der Waals surface area (Å²) in [5.74, 6) is -4.35. The molecule has 1 aromatic heterocycles. The van der Waals surface area contributed by atoms with Crippen molar-refractivity contribution < 1.29 is 41.7 Å². The molecule has 0 unspecified atom stereocenters. The number of carboxylic acid groups (broad SMARTS) is 1. The maximum atomic E-state index is 13.9. The Labute approximate surface area is 200 Å². The maximum Gasteiger partial charge on any atom is 0.416 e. The molecule has 1 aliphatic rings. The molecular formula is C24H18F4N2O6. The Hall–Kier alpha value is -4.35. The van der Waals surface area contributed by atoms with Crippen LogP contribution in [0, 0.1) is 5.82 Å². The smallest absolute Gasteiger partial charge is 0.416 e. The number of pyridine rings is 1. The number of benzene rings is 2. The second-order valence-electron chi connectivity index (χ2n) is 7.98. The summed E-state index contributed by atoms with van der Waals surface area (Å²) in [6.45, 7) is -0.837. The summed E-state index contributed by atoms with van der Waals surface area (Å²) < 4.78 is 66.1. The number of aromatic nitrogens is 1. The summed E-state index contributed by atoms with van der Waals surface area (Å²) >= 11 is 0. The van der Waals surface area contributed by atoms with Gasteiger partial charge in [-0.2, -0.15) is 13.2 Å². The Morgan fingerprint density at radius 2 is 1.81 bits per heavy atom. The number of hydrogen-bond acceptors (Lipinski definition) is 5. The van der Waals surface area contributed by atoms with Crippen LogP contribution in [0.4, 0.5) is 23.2 Å². The highest BCUT2D eigenvalue weighted by Crippen LogP contribution is 2.48. The van der Waals surface area contributed by atoms with Gasteiger partial charge in [0.2, 0.25) is 5.56 Å². The van der Waals surface area contributed by atoms with Crippen LogP contribution in [0.15, 0.2) is 53.5 Å². The van der Waals surface area contributed by atoms with Crippen molar-refractivity contribution in [2.75, 3.05) is 11.9 Å². The van der Waals surface area contributed by atoms with Crippen LogP contribution in [0.1, 0.15) is 40.2 Å². The molecule has 1 fully saturated rings. The third kappa shape index (κ3) is 5.82. The van der Waals surface area contributed by atoms with E-state index in [1.807, 2.05) is 0 Å². The first kappa shape index (κ1) is 24.8. The van der Waals surface area contributed by atoms with E-state index >= 15 is 0 Å². The molecule has 36 heavy (non-hydrogen) atoms. The van der Waals surface area contributed by atoms with Gasteiger partial charge in [0.25, 0.3) is 5.91 Å². The average Bonchev–Trinajstić information content (AvgIpc) is 3.63. The molecule has 3 N–H and O–H groups in total. The summed E-state index contributed by atoms with van der Waals surface area (Å²) in [4.78, 5) is 37.8. The van der Waals surface area contributed by atoms with Crippen molar-refractivity contribution in [3.8, 4) is 17.2 Å². The van der Waals surface area contributed by atoms with Gasteiger partial charge in [-0.3, -0.25) is 9.59 Å². The van der Waals surface area contributed by atoms with Crippen molar-refractivity contribution in [1.29, 1.82) is 0 Å². The van der Waals surface area contributed by atoms with Crippen LogP contribution in [-0.4, -0.2) is 28.6 Å². The first-order valence-electron chi connectivity index (χ1n) is 10.6. The first-order valence-corrected chi connectivity index (χ1v) is 10.6. The Kier molecular flexibility index (Phi) is 6.69. The molecule has 4 rings (SSSR count). The number of carbonyl (C=O) groups is 2. The summed E-state index contributed by atoms with van der Waals surface area (Å²) in [6, 6.07) is 7.05. The van der Waals surface area contributed by atoms with E-state index in [1.54, 1.807) is 0 Å². The molecule has 8 nitrogen and oxygen atoms in total. The van der Waals surface area contributed by atoms with Gasteiger partial charge in [-0.05, 0) is 54.7 Å². The predicted octanol–water partition coefficient (Wildman–Crippen LogP) is 4.92. The molecule has 0 saturated heterocycles. The number of anilines is 1. The van der Waals surface area contributed by atoms with Crippen LogP contribution in [0.3, 0.4) is 0 Å². The number of carboxylic acids is 1. The lowest BCUT2D eigenvalue weighted by molar-refractivity contribution is -0.139. The van der Waals surface area contributed by atoms with E-state index in [0.29, 0.717) is 18.9 Å². The molecule has 1 saturated carbocycles. The highest BCUT2D eigenvalue weighted by atomic mass is 19.4. The lowest BCUT2D eigenvalue weighted by atomic mass is 9.98. The zero-order valence-corrected chi connectivity index (χ0v) is 18.3. The van der Waals surface area contributed by atoms with E-state index in [4.69, 9.17) is 14.6 Å². The Bertz CT molecular complexity index is 1380. The van der Waals surface area contributed by atoms with E-state index in [1.165, 1.54) is 12.3 Å². The van der Waals surface area contributed by atoms with E-state index in [2.05, 4.69) is 10.3 Å². The van der Waals surface area contributed by atoms with Crippen molar-refractivity contribution in [2.24, 2.45) is 0 Å². The molecular weight excluding hydrogens is 488 g/mol. The zero-order chi connectivity index (χ0) is 26.0. The number of halogens is 4. The molecule has 0 bridgehead atoms. The molecule has 1 heterocycles. The molecule has 0 atom stereocenters. The van der Waals surface area contributed by atoms with Gasteiger partial charge < -0.3 is 24.9 Å². The van der Waals surface area contributed by atoms with E-state index in [0.717, 1.165) is 30.3 Å². The van der Waals surface area contributed by atoms with Crippen molar-refractivity contribution >= 4 is 17.6 Å². The highest BCUT2D eigenvalue weighted by Gasteiger charge is 2.40. The average molecular weight is 506 g/mol. The Balaban J connectivity index is 1.80. The molecule has 2 aromatic carbocycles. The molecule has 12 heteroatoms. The van der Waals surface area contributed by atoms with Crippen LogP contribution in [0.5, 0.6) is 17.2 Å². The predicted molar refractivity (Wildman–Crippen MR) is 118 cm³/mol. The van der Waals surface area contributed by atoms with Crippen molar-refractivity contribution in [3.63, 3.8) is 0 Å². The van der Waals surface area contributed by atoms with Gasteiger partial charge in [0.05, 0.1) is 11.1 Å². The van der Waals surface area contributed by atoms with E-state index < -0.39 is 47.2 Å². The maximum absolute atomic E-state index is 13.9. The van der Waals surface area contributed by atoms with Crippen LogP contribution < -0.4 is 20.3 Å². The molecule has 1 aliphatic carbocycles. The van der Waals surface area contributed by atoms with Crippen molar-refractivity contribution in [1.82, 2.24) is 4.98 Å². The Morgan fingerprint density at radius 3 is 2.44 bits per heavy atom. The number of hydrogen-bond donors (Lipinski definition) is 3. The molecule has 188 valence electrons. The normalized spacial score (nSPS) is 13.2. The van der Waals surface area contributed by atoms with Gasteiger partial charge in [0, 0.05) is 24.0 Å². The third-order valence-corrected chi connectivity index (χ3v) is 5.23. The number of amides is 1.